The van der Waals surface area contributed by atoms with Crippen LogP contribution in [0.25, 0.3) is 0 Å². The maximum atomic E-state index is 5.14. The second-order valence-corrected chi connectivity index (χ2v) is 4.81. The average molecular weight is 242 g/mol. The molecular weight excluding hydrogens is 224 g/mol. The first-order chi connectivity index (χ1) is 7.33. The van der Waals surface area contributed by atoms with Crippen LogP contribution in [-0.4, -0.2) is 18.2 Å². The van der Waals surface area contributed by atoms with Gasteiger partial charge in [-0.05, 0) is 36.5 Å². The van der Waals surface area contributed by atoms with Crippen molar-refractivity contribution < 1.29 is 0 Å². The highest BCUT2D eigenvalue weighted by atomic mass is 32.1. The lowest BCUT2D eigenvalue weighted by atomic mass is 10.3. The first kappa shape index (κ1) is 12.5. The van der Waals surface area contributed by atoms with Crippen molar-refractivity contribution in [2.45, 2.75) is 26.2 Å². The van der Waals surface area contributed by atoms with Gasteiger partial charge in [-0.15, -0.1) is 11.3 Å². The Morgan fingerprint density at radius 2 is 2.20 bits per heavy atom. The van der Waals surface area contributed by atoms with E-state index < -0.39 is 0 Å². The molecule has 4 heteroatoms. The minimum absolute atomic E-state index is 0.778. The third-order valence-corrected chi connectivity index (χ3v) is 3.28. The summed E-state index contributed by atoms with van der Waals surface area (Å²) in [5, 5.41) is 9.28. The Bertz CT molecular complexity index is 270. The van der Waals surface area contributed by atoms with E-state index in [1.165, 1.54) is 17.7 Å². The molecule has 0 fully saturated rings. The quantitative estimate of drug-likeness (QED) is 0.592. The molecule has 0 unspecified atom stereocenters. The molecule has 0 bridgehead atoms. The fourth-order valence-electron chi connectivity index (χ4n) is 1.20. The largest absolute Gasteiger partial charge is 0.363 e. The highest BCUT2D eigenvalue weighted by molar-refractivity contribution is 7.80. The minimum atomic E-state index is 0.778. The molecular formula is C11H18N2S2. The fraction of sp³-hybridized carbons (Fsp3) is 0.545. The molecule has 1 aromatic heterocycles. The highest BCUT2D eigenvalue weighted by Gasteiger charge is 1.95. The van der Waals surface area contributed by atoms with E-state index in [4.69, 9.17) is 12.2 Å². The summed E-state index contributed by atoms with van der Waals surface area (Å²) in [5.41, 5.74) is 0. The molecule has 2 N–H and O–H groups in total. The van der Waals surface area contributed by atoms with Gasteiger partial charge in [-0.3, -0.25) is 0 Å². The highest BCUT2D eigenvalue weighted by Crippen LogP contribution is 2.07. The van der Waals surface area contributed by atoms with Crippen molar-refractivity contribution in [1.82, 2.24) is 10.6 Å². The molecule has 0 radical (unpaired) electrons. The number of nitrogens with one attached hydrogen (secondary N) is 2. The lowest BCUT2D eigenvalue weighted by Crippen LogP contribution is -2.36. The average Bonchev–Trinajstić information content (AvgIpc) is 2.71. The van der Waals surface area contributed by atoms with Gasteiger partial charge in [0.25, 0.3) is 0 Å². The van der Waals surface area contributed by atoms with Crippen molar-refractivity contribution in [3.05, 3.63) is 22.4 Å². The summed E-state index contributed by atoms with van der Waals surface area (Å²) in [5.74, 6) is 0. The van der Waals surface area contributed by atoms with Crippen molar-refractivity contribution in [2.24, 2.45) is 0 Å². The van der Waals surface area contributed by atoms with Gasteiger partial charge in [-0.2, -0.15) is 0 Å². The van der Waals surface area contributed by atoms with Gasteiger partial charge >= 0.3 is 0 Å². The molecule has 0 aromatic carbocycles. The molecule has 0 aliphatic heterocycles. The smallest absolute Gasteiger partial charge is 0.166 e. The van der Waals surface area contributed by atoms with E-state index in [-0.39, 0.29) is 0 Å². The summed E-state index contributed by atoms with van der Waals surface area (Å²) < 4.78 is 0. The van der Waals surface area contributed by atoms with E-state index in [2.05, 4.69) is 35.1 Å². The van der Waals surface area contributed by atoms with E-state index >= 15 is 0 Å². The normalized spacial score (nSPS) is 9.93. The monoisotopic (exact) mass is 242 g/mol. The van der Waals surface area contributed by atoms with Crippen LogP contribution in [0.4, 0.5) is 0 Å². The van der Waals surface area contributed by atoms with Crippen molar-refractivity contribution in [1.29, 1.82) is 0 Å². The molecule has 2 nitrogen and oxygen atoms in total. The zero-order valence-electron chi connectivity index (χ0n) is 9.08. The number of thiophene rings is 1. The van der Waals surface area contributed by atoms with Crippen molar-refractivity contribution in [3.63, 3.8) is 0 Å². The third-order valence-electron chi connectivity index (χ3n) is 2.05. The maximum absolute atomic E-state index is 5.14. The molecule has 0 atom stereocenters. The van der Waals surface area contributed by atoms with Crippen LogP contribution in [0.5, 0.6) is 0 Å². The van der Waals surface area contributed by atoms with Gasteiger partial charge in [0.2, 0.25) is 0 Å². The second kappa shape index (κ2) is 7.65. The summed E-state index contributed by atoms with van der Waals surface area (Å²) in [6.07, 6.45) is 3.42. The number of thiocarbonyl (C=S) groups is 1. The number of hydrogen-bond acceptors (Lipinski definition) is 2. The molecule has 84 valence electrons. The lowest BCUT2D eigenvalue weighted by Gasteiger charge is -2.09. The molecule has 0 saturated carbocycles. The first-order valence-electron chi connectivity index (χ1n) is 5.37. The van der Waals surface area contributed by atoms with Gasteiger partial charge < -0.3 is 10.6 Å². The van der Waals surface area contributed by atoms with Gasteiger partial charge in [-0.1, -0.05) is 19.4 Å². The standard InChI is InChI=1S/C11H18N2S2/c1-2-3-7-12-11(14)13-8-6-10-5-4-9-15-10/h4-5,9H,2-3,6-8H2,1H3,(H2,12,13,14). The Morgan fingerprint density at radius 1 is 1.40 bits per heavy atom. The Hall–Kier alpha value is -0.610. The van der Waals surface area contributed by atoms with Gasteiger partial charge in [0.05, 0.1) is 0 Å². The predicted octanol–water partition coefficient (Wildman–Crippen LogP) is 2.55. The van der Waals surface area contributed by atoms with Crippen LogP contribution in [0.3, 0.4) is 0 Å². The number of unbranched alkanes of at least 4 members (excludes halogenated alkanes) is 1. The van der Waals surface area contributed by atoms with E-state index in [1.54, 1.807) is 11.3 Å². The molecule has 15 heavy (non-hydrogen) atoms. The van der Waals surface area contributed by atoms with Crippen LogP contribution >= 0.6 is 23.6 Å². The molecule has 0 saturated heterocycles. The SMILES string of the molecule is CCCCNC(=S)NCCc1cccs1. The van der Waals surface area contributed by atoms with Crippen LogP contribution in [-0.2, 0) is 6.42 Å². The van der Waals surface area contributed by atoms with Crippen molar-refractivity contribution in [3.8, 4) is 0 Å². The Balaban J connectivity index is 2.02. The zero-order chi connectivity index (χ0) is 10.9. The second-order valence-electron chi connectivity index (χ2n) is 3.37. The van der Waals surface area contributed by atoms with E-state index in [0.29, 0.717) is 0 Å². The molecule has 0 aliphatic carbocycles. The Morgan fingerprint density at radius 3 is 2.87 bits per heavy atom. The van der Waals surface area contributed by atoms with Crippen molar-refractivity contribution in [2.75, 3.05) is 13.1 Å². The molecule has 0 aliphatic rings. The Labute approximate surface area is 101 Å². The fourth-order valence-corrected chi connectivity index (χ4v) is 2.11. The van der Waals surface area contributed by atoms with Crippen LogP contribution < -0.4 is 10.6 Å². The van der Waals surface area contributed by atoms with Gasteiger partial charge in [0.15, 0.2) is 5.11 Å². The molecule has 1 heterocycles. The molecule has 1 aromatic rings. The summed E-state index contributed by atoms with van der Waals surface area (Å²) in [6, 6.07) is 4.23. The summed E-state index contributed by atoms with van der Waals surface area (Å²) in [4.78, 5) is 1.40. The zero-order valence-corrected chi connectivity index (χ0v) is 10.7. The van der Waals surface area contributed by atoms with Crippen LogP contribution in [0.15, 0.2) is 17.5 Å². The van der Waals surface area contributed by atoms with Gasteiger partial charge in [-0.25, -0.2) is 0 Å². The third kappa shape index (κ3) is 5.74. The van der Waals surface area contributed by atoms with E-state index in [0.717, 1.165) is 24.6 Å². The van der Waals surface area contributed by atoms with Crippen LogP contribution in [0, 0.1) is 0 Å². The summed E-state index contributed by atoms with van der Waals surface area (Å²) >= 11 is 6.94. The molecule has 0 spiro atoms. The Kier molecular flexibility index (Phi) is 6.36. The number of hydrogen-bond donors (Lipinski definition) is 2. The van der Waals surface area contributed by atoms with Gasteiger partial charge in [0.1, 0.15) is 0 Å². The van der Waals surface area contributed by atoms with E-state index in [9.17, 15) is 0 Å². The lowest BCUT2D eigenvalue weighted by molar-refractivity contribution is 0.738. The molecule has 0 amide bonds. The summed E-state index contributed by atoms with van der Waals surface area (Å²) in [6.45, 7) is 4.06. The van der Waals surface area contributed by atoms with Gasteiger partial charge in [0, 0.05) is 18.0 Å². The van der Waals surface area contributed by atoms with Crippen LogP contribution in [0.1, 0.15) is 24.6 Å². The maximum Gasteiger partial charge on any atom is 0.166 e. The topological polar surface area (TPSA) is 24.1 Å². The summed E-state index contributed by atoms with van der Waals surface area (Å²) in [7, 11) is 0. The first-order valence-corrected chi connectivity index (χ1v) is 6.65. The van der Waals surface area contributed by atoms with Crippen molar-refractivity contribution >= 4 is 28.7 Å². The number of rotatable bonds is 6. The predicted molar refractivity (Wildman–Crippen MR) is 71.5 cm³/mol. The molecule has 1 rings (SSSR count). The van der Waals surface area contributed by atoms with E-state index in [1.807, 2.05) is 0 Å². The van der Waals surface area contributed by atoms with Crippen LogP contribution in [0.2, 0.25) is 0 Å². The minimum Gasteiger partial charge on any atom is -0.363 e.